The molecule has 56 valence electrons. The number of rotatable bonds is 4. The largest absolute Gasteiger partial charge is 0.393 e. The van der Waals surface area contributed by atoms with E-state index in [-0.39, 0.29) is 6.10 Å². The van der Waals surface area contributed by atoms with Crippen LogP contribution in [0, 0.1) is 5.92 Å². The molecular formula is C7H17NO. The van der Waals surface area contributed by atoms with Crippen LogP contribution in [0.3, 0.4) is 0 Å². The maximum absolute atomic E-state index is 9.02. The molecule has 2 nitrogen and oxygen atoms in total. The second kappa shape index (κ2) is 4.77. The zero-order chi connectivity index (χ0) is 7.28. The van der Waals surface area contributed by atoms with Crippen molar-refractivity contribution in [3.63, 3.8) is 0 Å². The Morgan fingerprint density at radius 2 is 2.00 bits per heavy atom. The van der Waals surface area contributed by atoms with E-state index < -0.39 is 0 Å². The van der Waals surface area contributed by atoms with Crippen LogP contribution in [0.4, 0.5) is 0 Å². The molecule has 0 aromatic rings. The van der Waals surface area contributed by atoms with Crippen molar-refractivity contribution in [3.8, 4) is 0 Å². The van der Waals surface area contributed by atoms with Crippen molar-refractivity contribution in [2.75, 3.05) is 13.6 Å². The van der Waals surface area contributed by atoms with Crippen molar-refractivity contribution in [1.82, 2.24) is 5.32 Å². The molecule has 0 aliphatic heterocycles. The van der Waals surface area contributed by atoms with Gasteiger partial charge in [0.25, 0.3) is 0 Å². The van der Waals surface area contributed by atoms with Crippen LogP contribution in [0.5, 0.6) is 0 Å². The van der Waals surface area contributed by atoms with E-state index in [9.17, 15) is 0 Å². The second-order valence-electron chi connectivity index (χ2n) is 2.61. The molecule has 2 heteroatoms. The fourth-order valence-electron chi connectivity index (χ4n) is 0.613. The van der Waals surface area contributed by atoms with E-state index in [0.29, 0.717) is 5.92 Å². The van der Waals surface area contributed by atoms with Gasteiger partial charge in [0, 0.05) is 0 Å². The van der Waals surface area contributed by atoms with Gasteiger partial charge >= 0.3 is 0 Å². The highest BCUT2D eigenvalue weighted by Crippen LogP contribution is 2.05. The van der Waals surface area contributed by atoms with E-state index in [1.165, 1.54) is 0 Å². The minimum absolute atomic E-state index is 0.168. The van der Waals surface area contributed by atoms with Crippen LogP contribution in [0.25, 0.3) is 0 Å². The monoisotopic (exact) mass is 131 g/mol. The minimum Gasteiger partial charge on any atom is -0.393 e. The summed E-state index contributed by atoms with van der Waals surface area (Å²) in [6.45, 7) is 4.88. The van der Waals surface area contributed by atoms with Crippen LogP contribution in [-0.2, 0) is 0 Å². The topological polar surface area (TPSA) is 32.3 Å². The fourth-order valence-corrected chi connectivity index (χ4v) is 0.613. The Balaban J connectivity index is 3.16. The Kier molecular flexibility index (Phi) is 4.72. The van der Waals surface area contributed by atoms with E-state index in [2.05, 4.69) is 12.2 Å². The molecule has 0 heterocycles. The summed E-state index contributed by atoms with van der Waals surface area (Å²) in [5.74, 6) is 0.414. The first-order valence-corrected chi connectivity index (χ1v) is 3.51. The van der Waals surface area contributed by atoms with Crippen LogP contribution in [0.2, 0.25) is 0 Å². The first-order valence-electron chi connectivity index (χ1n) is 3.51. The van der Waals surface area contributed by atoms with Gasteiger partial charge in [-0.15, -0.1) is 0 Å². The normalized spacial score (nSPS) is 17.3. The summed E-state index contributed by atoms with van der Waals surface area (Å²) in [7, 11) is 1.93. The lowest BCUT2D eigenvalue weighted by Crippen LogP contribution is -2.18. The molecule has 0 fully saturated rings. The van der Waals surface area contributed by atoms with Crippen molar-refractivity contribution in [1.29, 1.82) is 0 Å². The molecule has 9 heavy (non-hydrogen) atoms. The number of aliphatic hydroxyl groups is 1. The Bertz CT molecular complexity index is 63.9. The summed E-state index contributed by atoms with van der Waals surface area (Å²) in [6, 6.07) is 0. The first-order chi connectivity index (χ1) is 4.18. The van der Waals surface area contributed by atoms with E-state index in [1.54, 1.807) is 0 Å². The van der Waals surface area contributed by atoms with Gasteiger partial charge in [0.15, 0.2) is 0 Å². The Morgan fingerprint density at radius 3 is 2.33 bits per heavy atom. The summed E-state index contributed by atoms with van der Waals surface area (Å²) in [4.78, 5) is 0. The van der Waals surface area contributed by atoms with Crippen molar-refractivity contribution < 1.29 is 5.11 Å². The highest BCUT2D eigenvalue weighted by Gasteiger charge is 2.06. The van der Waals surface area contributed by atoms with Crippen LogP contribution in [0.1, 0.15) is 20.3 Å². The summed E-state index contributed by atoms with van der Waals surface area (Å²) in [5, 5.41) is 12.1. The van der Waals surface area contributed by atoms with Crippen LogP contribution >= 0.6 is 0 Å². The number of hydrogen-bond acceptors (Lipinski definition) is 2. The SMILES string of the molecule is CNCC[C@@H](C)[C@H](C)O. The molecule has 2 atom stereocenters. The molecule has 0 saturated heterocycles. The summed E-state index contributed by atoms with van der Waals surface area (Å²) >= 11 is 0. The van der Waals surface area contributed by atoms with Gasteiger partial charge in [-0.05, 0) is 32.9 Å². The average molecular weight is 131 g/mol. The van der Waals surface area contributed by atoms with Gasteiger partial charge in [-0.2, -0.15) is 0 Å². The summed E-state index contributed by atoms with van der Waals surface area (Å²) < 4.78 is 0. The maximum Gasteiger partial charge on any atom is 0.0538 e. The highest BCUT2D eigenvalue weighted by molar-refractivity contribution is 4.59. The minimum atomic E-state index is -0.168. The quantitative estimate of drug-likeness (QED) is 0.586. The lowest BCUT2D eigenvalue weighted by Gasteiger charge is -2.12. The molecule has 0 aliphatic carbocycles. The van der Waals surface area contributed by atoms with Gasteiger partial charge in [0.1, 0.15) is 0 Å². The van der Waals surface area contributed by atoms with Crippen LogP contribution < -0.4 is 5.32 Å². The van der Waals surface area contributed by atoms with Gasteiger partial charge in [-0.3, -0.25) is 0 Å². The third-order valence-corrected chi connectivity index (χ3v) is 1.67. The molecule has 0 amide bonds. The standard InChI is InChI=1S/C7H17NO/c1-6(7(2)9)4-5-8-3/h6-9H,4-5H2,1-3H3/t6-,7+/m1/s1. The van der Waals surface area contributed by atoms with Gasteiger partial charge < -0.3 is 10.4 Å². The average Bonchev–Trinajstić information content (AvgIpc) is 1.82. The zero-order valence-corrected chi connectivity index (χ0v) is 6.52. The number of hydrogen-bond donors (Lipinski definition) is 2. The molecule has 0 rings (SSSR count). The molecular weight excluding hydrogens is 114 g/mol. The Hall–Kier alpha value is -0.0800. The molecule has 0 radical (unpaired) electrons. The number of nitrogens with one attached hydrogen (secondary N) is 1. The maximum atomic E-state index is 9.02. The second-order valence-corrected chi connectivity index (χ2v) is 2.61. The van der Waals surface area contributed by atoms with Crippen molar-refractivity contribution >= 4 is 0 Å². The molecule has 0 aromatic carbocycles. The zero-order valence-electron chi connectivity index (χ0n) is 6.52. The van der Waals surface area contributed by atoms with Crippen LogP contribution in [0.15, 0.2) is 0 Å². The Morgan fingerprint density at radius 1 is 1.44 bits per heavy atom. The molecule has 0 unspecified atom stereocenters. The van der Waals surface area contributed by atoms with Crippen molar-refractivity contribution in [2.24, 2.45) is 5.92 Å². The third-order valence-electron chi connectivity index (χ3n) is 1.67. The van der Waals surface area contributed by atoms with Gasteiger partial charge in [-0.1, -0.05) is 6.92 Å². The summed E-state index contributed by atoms with van der Waals surface area (Å²) in [5.41, 5.74) is 0. The molecule has 0 bridgehead atoms. The highest BCUT2D eigenvalue weighted by atomic mass is 16.3. The molecule has 0 aliphatic rings. The predicted molar refractivity (Wildman–Crippen MR) is 39.4 cm³/mol. The van der Waals surface area contributed by atoms with Gasteiger partial charge in [-0.25, -0.2) is 0 Å². The van der Waals surface area contributed by atoms with Crippen molar-refractivity contribution in [3.05, 3.63) is 0 Å². The van der Waals surface area contributed by atoms with Crippen LogP contribution in [-0.4, -0.2) is 24.8 Å². The molecule has 0 saturated carbocycles. The van der Waals surface area contributed by atoms with Gasteiger partial charge in [0.2, 0.25) is 0 Å². The molecule has 2 N–H and O–H groups in total. The Labute approximate surface area is 57.3 Å². The predicted octanol–water partition coefficient (Wildman–Crippen LogP) is 0.613. The number of aliphatic hydroxyl groups excluding tert-OH is 1. The lowest BCUT2D eigenvalue weighted by molar-refractivity contribution is 0.130. The van der Waals surface area contributed by atoms with E-state index in [4.69, 9.17) is 5.11 Å². The van der Waals surface area contributed by atoms with Crippen molar-refractivity contribution in [2.45, 2.75) is 26.4 Å². The molecule has 0 spiro atoms. The fraction of sp³-hybridized carbons (Fsp3) is 1.00. The smallest absolute Gasteiger partial charge is 0.0538 e. The van der Waals surface area contributed by atoms with E-state index in [0.717, 1.165) is 13.0 Å². The lowest BCUT2D eigenvalue weighted by atomic mass is 10.0. The first kappa shape index (κ1) is 8.92. The van der Waals surface area contributed by atoms with E-state index in [1.807, 2.05) is 14.0 Å². The summed E-state index contributed by atoms with van der Waals surface area (Å²) in [6.07, 6.45) is 0.882. The van der Waals surface area contributed by atoms with E-state index >= 15 is 0 Å². The molecule has 0 aromatic heterocycles. The van der Waals surface area contributed by atoms with Gasteiger partial charge in [0.05, 0.1) is 6.10 Å². The third kappa shape index (κ3) is 4.43.